The average molecular weight is 433 g/mol. The molecule has 8 heteroatoms. The number of benzene rings is 1. The van der Waals surface area contributed by atoms with E-state index in [-0.39, 0.29) is 18.6 Å². The fourth-order valence-corrected chi connectivity index (χ4v) is 5.15. The maximum absolute atomic E-state index is 13.1. The first-order valence-electron chi connectivity index (χ1n) is 10.5. The van der Waals surface area contributed by atoms with Crippen LogP contribution in [0.2, 0.25) is 0 Å². The summed E-state index contributed by atoms with van der Waals surface area (Å²) in [6.45, 7) is 2.37. The zero-order valence-electron chi connectivity index (χ0n) is 17.5. The first kappa shape index (κ1) is 20.9. The third-order valence-electron chi connectivity index (χ3n) is 6.03. The Labute approximate surface area is 177 Å². The monoisotopic (exact) mass is 432 g/mol. The molecule has 1 saturated heterocycles. The number of fused-ring (bicyclic) bond motifs is 5. The summed E-state index contributed by atoms with van der Waals surface area (Å²) in [6, 6.07) is 6.14. The van der Waals surface area contributed by atoms with E-state index in [2.05, 4.69) is 10.5 Å². The van der Waals surface area contributed by atoms with Crippen molar-refractivity contribution in [2.75, 3.05) is 19.4 Å². The molecule has 162 valence electrons. The molecule has 0 aromatic heterocycles. The highest BCUT2D eigenvalue weighted by Gasteiger charge is 2.31. The van der Waals surface area contributed by atoms with Gasteiger partial charge < -0.3 is 14.4 Å². The molecule has 0 unspecified atom stereocenters. The van der Waals surface area contributed by atoms with Gasteiger partial charge in [-0.1, -0.05) is 18.2 Å². The minimum absolute atomic E-state index is 0.0436. The van der Waals surface area contributed by atoms with E-state index in [0.717, 1.165) is 48.8 Å². The fourth-order valence-electron chi connectivity index (χ4n) is 4.57. The van der Waals surface area contributed by atoms with Crippen LogP contribution in [-0.2, 0) is 19.6 Å². The van der Waals surface area contributed by atoms with Gasteiger partial charge in [0.25, 0.3) is 15.9 Å². The molecule has 30 heavy (non-hydrogen) atoms. The van der Waals surface area contributed by atoms with Gasteiger partial charge in [0, 0.05) is 6.54 Å². The Morgan fingerprint density at radius 3 is 2.67 bits per heavy atom. The number of allylic oxidation sites excluding steroid dienone is 1. The lowest BCUT2D eigenvalue weighted by atomic mass is 9.82. The first-order valence-corrected chi connectivity index (χ1v) is 12.3. The van der Waals surface area contributed by atoms with Crippen molar-refractivity contribution in [1.29, 1.82) is 0 Å². The standard InChI is InChI=1S/C22H28N2O5S/c1-15-5-3-6-18-16-8-10-17(11-9-16)28-13-20-19(23-30(2,26)27)7-4-12-24(20)21(25)14-29-22(15)18/h3,5-6,13,16-17H,4,7-12,14H2,1-2H3/b20-13-,23-19+. The molecule has 1 amide bonds. The van der Waals surface area contributed by atoms with Crippen LogP contribution in [0.3, 0.4) is 0 Å². The third kappa shape index (κ3) is 4.53. The zero-order valence-corrected chi connectivity index (χ0v) is 18.3. The number of amides is 1. The van der Waals surface area contributed by atoms with E-state index in [1.807, 2.05) is 19.1 Å². The molecule has 4 aliphatic rings. The Hall–Kier alpha value is -2.35. The van der Waals surface area contributed by atoms with Crippen molar-refractivity contribution in [2.45, 2.75) is 57.5 Å². The molecule has 3 heterocycles. The van der Waals surface area contributed by atoms with Crippen LogP contribution in [0.4, 0.5) is 0 Å². The maximum atomic E-state index is 13.1. The Morgan fingerprint density at radius 2 is 1.93 bits per heavy atom. The van der Waals surface area contributed by atoms with Crippen molar-refractivity contribution in [2.24, 2.45) is 4.40 Å². The van der Waals surface area contributed by atoms with Gasteiger partial charge in [-0.3, -0.25) is 4.79 Å². The van der Waals surface area contributed by atoms with Gasteiger partial charge in [0.2, 0.25) is 0 Å². The van der Waals surface area contributed by atoms with E-state index in [1.54, 1.807) is 11.2 Å². The summed E-state index contributed by atoms with van der Waals surface area (Å²) in [6.07, 6.45) is 7.53. The molecule has 1 aromatic rings. The number of hydrogen-bond acceptors (Lipinski definition) is 5. The number of hydrogen-bond donors (Lipinski definition) is 0. The molecule has 2 bridgehead atoms. The lowest BCUT2D eigenvalue weighted by molar-refractivity contribution is -0.131. The molecule has 1 aromatic carbocycles. The largest absolute Gasteiger partial charge is 0.496 e. The predicted molar refractivity (Wildman–Crippen MR) is 114 cm³/mol. The van der Waals surface area contributed by atoms with Crippen molar-refractivity contribution >= 4 is 21.6 Å². The van der Waals surface area contributed by atoms with Gasteiger partial charge in [-0.15, -0.1) is 0 Å². The summed E-state index contributed by atoms with van der Waals surface area (Å²) in [5.41, 5.74) is 2.98. The summed E-state index contributed by atoms with van der Waals surface area (Å²) < 4.78 is 39.6. The molecule has 0 N–H and O–H groups in total. The number of carbonyl (C=O) groups excluding carboxylic acids is 1. The molecular weight excluding hydrogens is 404 g/mol. The minimum Gasteiger partial charge on any atom is -0.496 e. The van der Waals surface area contributed by atoms with Gasteiger partial charge >= 0.3 is 0 Å². The minimum atomic E-state index is -3.58. The van der Waals surface area contributed by atoms with Gasteiger partial charge in [0.1, 0.15) is 17.7 Å². The van der Waals surface area contributed by atoms with Gasteiger partial charge in [-0.05, 0) is 62.5 Å². The molecule has 0 atom stereocenters. The second-order valence-electron chi connectivity index (χ2n) is 8.31. The van der Waals surface area contributed by atoms with E-state index < -0.39 is 10.0 Å². The normalized spacial score (nSPS) is 28.1. The quantitative estimate of drug-likeness (QED) is 0.680. The van der Waals surface area contributed by atoms with Crippen molar-refractivity contribution in [1.82, 2.24) is 4.90 Å². The van der Waals surface area contributed by atoms with Crippen LogP contribution >= 0.6 is 0 Å². The maximum Gasteiger partial charge on any atom is 0.265 e. The number of nitrogens with zero attached hydrogens (tertiary/aromatic N) is 2. The first-order chi connectivity index (χ1) is 14.3. The Morgan fingerprint density at radius 1 is 1.17 bits per heavy atom. The highest BCUT2D eigenvalue weighted by Crippen LogP contribution is 2.40. The van der Waals surface area contributed by atoms with Crippen LogP contribution in [0, 0.1) is 6.92 Å². The Bertz CT molecular complexity index is 991. The highest BCUT2D eigenvalue weighted by atomic mass is 32.2. The van der Waals surface area contributed by atoms with Crippen LogP contribution in [0.25, 0.3) is 0 Å². The Kier molecular flexibility index (Phi) is 5.86. The van der Waals surface area contributed by atoms with Gasteiger partial charge in [0.15, 0.2) is 6.61 Å². The summed E-state index contributed by atoms with van der Waals surface area (Å²) in [7, 11) is -3.58. The van der Waals surface area contributed by atoms with Crippen LogP contribution in [-0.4, -0.2) is 50.4 Å². The van der Waals surface area contributed by atoms with Crippen LogP contribution in [0.5, 0.6) is 5.75 Å². The highest BCUT2D eigenvalue weighted by molar-refractivity contribution is 7.89. The summed E-state index contributed by atoms with van der Waals surface area (Å²) in [5, 5.41) is 0. The topological polar surface area (TPSA) is 85.3 Å². The number of sulfonamides is 1. The Balaban J connectivity index is 1.73. The zero-order chi connectivity index (χ0) is 21.3. The van der Waals surface area contributed by atoms with E-state index in [9.17, 15) is 13.2 Å². The SMILES string of the molecule is Cc1cccc2c1OCC(=O)N1CCCC(=N\S(C)(=O)=O)/C1=C/OC1CCC2CC1. The van der Waals surface area contributed by atoms with E-state index in [1.165, 1.54) is 0 Å². The van der Waals surface area contributed by atoms with Gasteiger partial charge in [-0.25, -0.2) is 8.42 Å². The number of para-hydroxylation sites is 1. The number of aryl methyl sites for hydroxylation is 1. The van der Waals surface area contributed by atoms with Gasteiger partial charge in [-0.2, -0.15) is 4.40 Å². The van der Waals surface area contributed by atoms with Crippen molar-refractivity contribution in [3.63, 3.8) is 0 Å². The smallest absolute Gasteiger partial charge is 0.265 e. The molecule has 1 aliphatic carbocycles. The van der Waals surface area contributed by atoms with Crippen LogP contribution in [0.15, 0.2) is 34.6 Å². The lowest BCUT2D eigenvalue weighted by Crippen LogP contribution is -2.41. The molecule has 0 radical (unpaired) electrons. The molecule has 1 saturated carbocycles. The number of rotatable bonds is 1. The van der Waals surface area contributed by atoms with E-state index in [0.29, 0.717) is 36.7 Å². The lowest BCUT2D eigenvalue weighted by Gasteiger charge is -2.31. The van der Waals surface area contributed by atoms with E-state index >= 15 is 0 Å². The van der Waals surface area contributed by atoms with Crippen LogP contribution in [0.1, 0.15) is 55.6 Å². The molecule has 2 fully saturated rings. The number of carbonyl (C=O) groups is 1. The van der Waals surface area contributed by atoms with Crippen molar-refractivity contribution in [3.8, 4) is 5.75 Å². The summed E-state index contributed by atoms with van der Waals surface area (Å²) in [4.78, 5) is 14.6. The third-order valence-corrected chi connectivity index (χ3v) is 6.58. The number of ether oxygens (including phenoxy) is 2. The fraction of sp³-hybridized carbons (Fsp3) is 0.545. The second kappa shape index (κ2) is 8.41. The molecule has 0 spiro atoms. The van der Waals surface area contributed by atoms with Crippen molar-refractivity contribution < 1.29 is 22.7 Å². The molecule has 3 aliphatic heterocycles. The summed E-state index contributed by atoms with van der Waals surface area (Å²) in [5.74, 6) is 0.946. The second-order valence-corrected chi connectivity index (χ2v) is 9.96. The predicted octanol–water partition coefficient (Wildman–Crippen LogP) is 3.29. The van der Waals surface area contributed by atoms with Crippen LogP contribution < -0.4 is 4.74 Å². The van der Waals surface area contributed by atoms with Gasteiger partial charge in [0.05, 0.1) is 18.1 Å². The molecular formula is C22H28N2O5S. The number of piperidine rings is 1. The van der Waals surface area contributed by atoms with E-state index in [4.69, 9.17) is 9.47 Å². The molecule has 7 nitrogen and oxygen atoms in total. The average Bonchev–Trinajstić information content (AvgIpc) is 2.71. The van der Waals surface area contributed by atoms with Crippen molar-refractivity contribution in [3.05, 3.63) is 41.3 Å². The molecule has 5 rings (SSSR count). The summed E-state index contributed by atoms with van der Waals surface area (Å²) >= 11 is 0.